The first-order valence-corrected chi connectivity index (χ1v) is 15.0. The van der Waals surface area contributed by atoms with E-state index in [1.807, 2.05) is 0 Å². The van der Waals surface area contributed by atoms with Crippen molar-refractivity contribution in [2.75, 3.05) is 37.4 Å². The number of carbonyl (C=O) groups is 2. The minimum absolute atomic E-state index is 0.0159. The minimum atomic E-state index is -0.649. The third kappa shape index (κ3) is 8.89. The van der Waals surface area contributed by atoms with Gasteiger partial charge >= 0.3 is 0 Å². The first kappa shape index (κ1) is 31.6. The summed E-state index contributed by atoms with van der Waals surface area (Å²) in [5, 5.41) is 9.35. The van der Waals surface area contributed by atoms with Crippen LogP contribution in [0.2, 0.25) is 0 Å². The lowest BCUT2D eigenvalue weighted by Gasteiger charge is -2.23. The van der Waals surface area contributed by atoms with E-state index < -0.39 is 5.82 Å². The number of hydrogen-bond donors (Lipinski definition) is 3. The van der Waals surface area contributed by atoms with Crippen LogP contribution in [0.15, 0.2) is 66.9 Å². The zero-order chi connectivity index (χ0) is 31.6. The Kier molecular flexibility index (Phi) is 10.8. The average molecular weight is 619 g/mol. The molecule has 2 heterocycles. The Morgan fingerprint density at radius 1 is 0.844 bits per heavy atom. The number of methoxy groups -OCH3 is 1. The second-order valence-corrected chi connectivity index (χ2v) is 10.9. The lowest BCUT2D eigenvalue weighted by atomic mass is 9.99. The number of nitrogens with one attached hydrogen (secondary N) is 3. The SMILES string of the molecule is COc1cc2c(Oc3ccc(NC(=O)CCCCC(=O)Nc4ccc(F)cc4)cc3F)ccnc2cc1OCC1CCNCC1. The van der Waals surface area contributed by atoms with E-state index in [1.54, 1.807) is 37.6 Å². The van der Waals surface area contributed by atoms with E-state index in [2.05, 4.69) is 20.9 Å². The van der Waals surface area contributed by atoms with Crippen molar-refractivity contribution in [2.45, 2.75) is 38.5 Å². The van der Waals surface area contributed by atoms with Crippen LogP contribution in [0, 0.1) is 17.6 Å². The van der Waals surface area contributed by atoms with Gasteiger partial charge in [-0.2, -0.15) is 0 Å². The smallest absolute Gasteiger partial charge is 0.224 e. The highest BCUT2D eigenvalue weighted by Gasteiger charge is 2.17. The highest BCUT2D eigenvalue weighted by atomic mass is 19.1. The zero-order valence-electron chi connectivity index (χ0n) is 25.0. The fourth-order valence-electron chi connectivity index (χ4n) is 5.08. The predicted octanol–water partition coefficient (Wildman–Crippen LogP) is 6.83. The molecule has 0 atom stereocenters. The summed E-state index contributed by atoms with van der Waals surface area (Å²) in [6, 6.07) is 14.9. The molecule has 1 aliphatic heterocycles. The Labute approximate surface area is 260 Å². The summed E-state index contributed by atoms with van der Waals surface area (Å²) in [4.78, 5) is 28.9. The largest absolute Gasteiger partial charge is 0.493 e. The fourth-order valence-corrected chi connectivity index (χ4v) is 5.08. The van der Waals surface area contributed by atoms with Crippen molar-refractivity contribution in [3.8, 4) is 23.0 Å². The maximum atomic E-state index is 15.1. The highest BCUT2D eigenvalue weighted by Crippen LogP contribution is 2.38. The van der Waals surface area contributed by atoms with Gasteiger partial charge in [0.05, 0.1) is 19.2 Å². The third-order valence-corrected chi connectivity index (χ3v) is 7.54. The number of unbranched alkanes of at least 4 members (excludes halogenated alkanes) is 1. The van der Waals surface area contributed by atoms with Gasteiger partial charge in [0.15, 0.2) is 23.1 Å². The molecule has 0 saturated carbocycles. The highest BCUT2D eigenvalue weighted by molar-refractivity contribution is 5.92. The first-order chi connectivity index (χ1) is 21.9. The van der Waals surface area contributed by atoms with Gasteiger partial charge in [0, 0.05) is 47.9 Å². The number of fused-ring (bicyclic) bond motifs is 1. The Hall–Kier alpha value is -4.77. The van der Waals surface area contributed by atoms with E-state index in [9.17, 15) is 14.0 Å². The van der Waals surface area contributed by atoms with Gasteiger partial charge < -0.3 is 30.2 Å². The number of halogens is 2. The summed E-state index contributed by atoms with van der Waals surface area (Å²) in [5.41, 5.74) is 1.41. The molecule has 5 rings (SSSR count). The van der Waals surface area contributed by atoms with Crippen molar-refractivity contribution in [1.29, 1.82) is 0 Å². The minimum Gasteiger partial charge on any atom is -0.493 e. The molecule has 0 spiro atoms. The monoisotopic (exact) mass is 618 g/mol. The maximum Gasteiger partial charge on any atom is 0.224 e. The van der Waals surface area contributed by atoms with Crippen molar-refractivity contribution < 1.29 is 32.6 Å². The lowest BCUT2D eigenvalue weighted by Crippen LogP contribution is -2.30. The van der Waals surface area contributed by atoms with Crippen LogP contribution < -0.4 is 30.2 Å². The van der Waals surface area contributed by atoms with Crippen LogP contribution in [0.1, 0.15) is 38.5 Å². The molecule has 3 N–H and O–H groups in total. The fraction of sp³-hybridized carbons (Fsp3) is 0.324. The van der Waals surface area contributed by atoms with Crippen molar-refractivity contribution >= 4 is 34.1 Å². The molecule has 4 aromatic rings. The molecule has 3 aromatic carbocycles. The number of piperidine rings is 1. The zero-order valence-corrected chi connectivity index (χ0v) is 25.0. The third-order valence-electron chi connectivity index (χ3n) is 7.54. The number of amides is 2. The van der Waals surface area contributed by atoms with Crippen molar-refractivity contribution in [3.05, 3.63) is 78.5 Å². The van der Waals surface area contributed by atoms with Crippen LogP contribution in [0.3, 0.4) is 0 Å². The second kappa shape index (κ2) is 15.3. The van der Waals surface area contributed by atoms with E-state index in [0.717, 1.165) is 25.9 Å². The number of nitrogens with zero attached hydrogens (tertiary/aromatic N) is 1. The van der Waals surface area contributed by atoms with Crippen LogP contribution in [-0.2, 0) is 9.59 Å². The summed E-state index contributed by atoms with van der Waals surface area (Å²) in [6.45, 7) is 2.56. The maximum absolute atomic E-state index is 15.1. The number of ether oxygens (including phenoxy) is 3. The number of rotatable bonds is 13. The number of benzene rings is 3. The first-order valence-electron chi connectivity index (χ1n) is 15.0. The second-order valence-electron chi connectivity index (χ2n) is 10.9. The molecule has 1 saturated heterocycles. The van der Waals surface area contributed by atoms with Gasteiger partial charge in [-0.15, -0.1) is 0 Å². The van der Waals surface area contributed by atoms with Gasteiger partial charge in [-0.3, -0.25) is 14.6 Å². The molecular formula is C34H36F2N4O5. The summed E-state index contributed by atoms with van der Waals surface area (Å²) in [5.74, 6) is 0.415. The van der Waals surface area contributed by atoms with Gasteiger partial charge in [0.1, 0.15) is 11.6 Å². The van der Waals surface area contributed by atoms with Crippen LogP contribution >= 0.6 is 0 Å². The molecule has 45 heavy (non-hydrogen) atoms. The van der Waals surface area contributed by atoms with Gasteiger partial charge in [-0.05, 0) is 93.2 Å². The van der Waals surface area contributed by atoms with Gasteiger partial charge in [0.25, 0.3) is 0 Å². The summed E-state index contributed by atoms with van der Waals surface area (Å²) >= 11 is 0. The van der Waals surface area contributed by atoms with Crippen LogP contribution in [0.25, 0.3) is 10.9 Å². The van der Waals surface area contributed by atoms with E-state index in [4.69, 9.17) is 14.2 Å². The molecule has 11 heteroatoms. The average Bonchev–Trinajstić information content (AvgIpc) is 3.04. The standard InChI is InChI=1S/C34H36F2N4O5/c1-43-31-19-26-28(20-32(31)44-21-22-12-15-37-16-13-22)38-17-14-29(26)45-30-11-10-25(18-27(30)36)40-34(42)5-3-2-4-33(41)39-24-8-6-23(35)7-9-24/h6-11,14,17-20,22,37H,2-5,12-13,15-16,21H2,1H3,(H,39,41)(H,40,42). The molecule has 2 amide bonds. The Morgan fingerprint density at radius 3 is 2.22 bits per heavy atom. The molecule has 0 radical (unpaired) electrons. The summed E-state index contributed by atoms with van der Waals surface area (Å²) in [7, 11) is 1.56. The Balaban J connectivity index is 1.14. The van der Waals surface area contributed by atoms with E-state index >= 15 is 4.39 Å². The molecule has 9 nitrogen and oxygen atoms in total. The van der Waals surface area contributed by atoms with Gasteiger partial charge in [-0.25, -0.2) is 8.78 Å². The number of pyridine rings is 1. The molecule has 1 fully saturated rings. The Bertz CT molecular complexity index is 1630. The van der Waals surface area contributed by atoms with Crippen molar-refractivity contribution in [3.63, 3.8) is 0 Å². The molecular weight excluding hydrogens is 582 g/mol. The molecule has 1 aliphatic rings. The Morgan fingerprint density at radius 2 is 1.53 bits per heavy atom. The van der Waals surface area contributed by atoms with E-state index in [-0.39, 0.29) is 41.9 Å². The van der Waals surface area contributed by atoms with Gasteiger partial charge in [0.2, 0.25) is 11.8 Å². The van der Waals surface area contributed by atoms with E-state index in [0.29, 0.717) is 59.2 Å². The topological polar surface area (TPSA) is 111 Å². The quantitative estimate of drug-likeness (QED) is 0.141. The summed E-state index contributed by atoms with van der Waals surface area (Å²) < 4.78 is 45.7. The van der Waals surface area contributed by atoms with Crippen molar-refractivity contribution in [2.24, 2.45) is 5.92 Å². The summed E-state index contributed by atoms with van der Waals surface area (Å²) in [6.07, 6.45) is 5.03. The van der Waals surface area contributed by atoms with Gasteiger partial charge in [-0.1, -0.05) is 0 Å². The normalized spacial score (nSPS) is 13.3. The van der Waals surface area contributed by atoms with Crippen LogP contribution in [0.5, 0.6) is 23.0 Å². The molecule has 0 aliphatic carbocycles. The number of carbonyl (C=O) groups excluding carboxylic acids is 2. The molecule has 0 unspecified atom stereocenters. The van der Waals surface area contributed by atoms with Crippen LogP contribution in [0.4, 0.5) is 20.2 Å². The van der Waals surface area contributed by atoms with E-state index in [1.165, 1.54) is 36.4 Å². The molecule has 1 aromatic heterocycles. The number of aromatic nitrogens is 1. The predicted molar refractivity (Wildman–Crippen MR) is 168 cm³/mol. The molecule has 236 valence electrons. The molecule has 0 bridgehead atoms. The van der Waals surface area contributed by atoms with Crippen LogP contribution in [-0.4, -0.2) is 43.6 Å². The number of anilines is 2. The lowest BCUT2D eigenvalue weighted by molar-refractivity contribution is -0.118. The number of hydrogen-bond acceptors (Lipinski definition) is 7. The van der Waals surface area contributed by atoms with Crippen molar-refractivity contribution in [1.82, 2.24) is 10.3 Å².